The van der Waals surface area contributed by atoms with Crippen LogP contribution in [0.5, 0.6) is 11.5 Å². The van der Waals surface area contributed by atoms with Crippen molar-refractivity contribution in [2.24, 2.45) is 5.92 Å². The molecule has 6 rings (SSSR count). The molecule has 1 saturated heterocycles. The van der Waals surface area contributed by atoms with Crippen LogP contribution in [0.1, 0.15) is 36.0 Å². The van der Waals surface area contributed by atoms with Gasteiger partial charge in [-0.1, -0.05) is 36.4 Å². The molecule has 2 fully saturated rings. The number of halogens is 2. The highest BCUT2D eigenvalue weighted by molar-refractivity contribution is 5.61. The lowest BCUT2D eigenvalue weighted by molar-refractivity contribution is -0.181. The van der Waals surface area contributed by atoms with Gasteiger partial charge in [0.05, 0.1) is 7.11 Å². The summed E-state index contributed by atoms with van der Waals surface area (Å²) in [6, 6.07) is 14.8. The predicted octanol–water partition coefficient (Wildman–Crippen LogP) is 4.61. The monoisotopic (exact) mass is 411 g/mol. The number of rotatable bonds is 4. The summed E-state index contributed by atoms with van der Waals surface area (Å²) >= 11 is 0. The van der Waals surface area contributed by atoms with Gasteiger partial charge in [-0.3, -0.25) is 4.90 Å². The summed E-state index contributed by atoms with van der Waals surface area (Å²) in [5.74, 6) is -1.40. The van der Waals surface area contributed by atoms with E-state index in [-0.39, 0.29) is 12.3 Å². The number of methoxy groups -OCH3 is 1. The van der Waals surface area contributed by atoms with Crippen LogP contribution in [-0.4, -0.2) is 43.2 Å². The maximum atomic E-state index is 15.2. The maximum absolute atomic E-state index is 15.2. The predicted molar refractivity (Wildman–Crippen MR) is 111 cm³/mol. The van der Waals surface area contributed by atoms with E-state index in [1.54, 1.807) is 7.11 Å². The molecule has 0 unspecified atom stereocenters. The van der Waals surface area contributed by atoms with E-state index < -0.39 is 17.4 Å². The van der Waals surface area contributed by atoms with Crippen molar-refractivity contribution in [2.45, 2.75) is 55.6 Å². The van der Waals surface area contributed by atoms with Gasteiger partial charge in [-0.25, -0.2) is 8.78 Å². The second kappa shape index (κ2) is 6.43. The van der Waals surface area contributed by atoms with E-state index in [9.17, 15) is 0 Å². The van der Waals surface area contributed by atoms with Gasteiger partial charge in [0, 0.05) is 30.0 Å². The zero-order valence-electron chi connectivity index (χ0n) is 17.2. The van der Waals surface area contributed by atoms with E-state index in [2.05, 4.69) is 35.2 Å². The zero-order valence-corrected chi connectivity index (χ0v) is 17.2. The molecule has 0 N–H and O–H groups in total. The molecule has 3 nitrogen and oxygen atoms in total. The average molecular weight is 411 g/mol. The minimum Gasteiger partial charge on any atom is -0.493 e. The molecule has 2 aromatic carbocycles. The van der Waals surface area contributed by atoms with Crippen LogP contribution in [0.3, 0.4) is 0 Å². The molecule has 5 heteroatoms. The molecule has 4 aliphatic rings. The fraction of sp³-hybridized carbons (Fsp3) is 0.520. The molecular weight excluding hydrogens is 384 g/mol. The number of hydrogen-bond acceptors (Lipinski definition) is 3. The van der Waals surface area contributed by atoms with Crippen molar-refractivity contribution >= 4 is 0 Å². The molecule has 0 radical (unpaired) electrons. The van der Waals surface area contributed by atoms with Crippen LogP contribution in [0.4, 0.5) is 8.78 Å². The maximum Gasteiger partial charge on any atom is 0.285 e. The van der Waals surface area contributed by atoms with Crippen molar-refractivity contribution in [3.05, 3.63) is 59.2 Å². The van der Waals surface area contributed by atoms with Crippen LogP contribution < -0.4 is 9.47 Å². The third kappa shape index (κ3) is 2.38. The molecule has 2 heterocycles. The number of hydrogen-bond donors (Lipinski definition) is 0. The Labute approximate surface area is 176 Å². The van der Waals surface area contributed by atoms with Crippen LogP contribution in [0.2, 0.25) is 0 Å². The standard InChI is InChI=1S/C25H27F2NO2/c1-29-20-8-7-17-15-19-18-9-11-25(26,27)23-24(18,21(17)22(20)30-23)12-14-28(19)13-10-16-5-3-2-4-6-16/h2-8,18-19,23H,9-15H2,1H3/t18-,19+,23+,24-/m0/s1. The first-order valence-corrected chi connectivity index (χ1v) is 11.1. The largest absolute Gasteiger partial charge is 0.493 e. The van der Waals surface area contributed by atoms with Gasteiger partial charge in [-0.05, 0) is 55.3 Å². The Morgan fingerprint density at radius 3 is 2.77 bits per heavy atom. The molecule has 1 saturated carbocycles. The molecule has 4 atom stereocenters. The van der Waals surface area contributed by atoms with Gasteiger partial charge in [0.25, 0.3) is 5.92 Å². The molecule has 2 aliphatic heterocycles. The lowest BCUT2D eigenvalue weighted by Crippen LogP contribution is -2.68. The van der Waals surface area contributed by atoms with E-state index in [0.717, 1.165) is 37.9 Å². The van der Waals surface area contributed by atoms with Gasteiger partial charge < -0.3 is 9.47 Å². The summed E-state index contributed by atoms with van der Waals surface area (Å²) in [5.41, 5.74) is 2.97. The molecule has 2 aliphatic carbocycles. The first-order chi connectivity index (χ1) is 14.5. The van der Waals surface area contributed by atoms with E-state index in [0.29, 0.717) is 24.0 Å². The SMILES string of the molecule is COc1ccc2c3c1O[C@H]1C(F)(F)CC[C@H]4[C@@H](C2)N(CCc2ccccc2)CC[C@@]341. The van der Waals surface area contributed by atoms with Crippen LogP contribution in [0.25, 0.3) is 0 Å². The number of likely N-dealkylation sites (tertiary alicyclic amines) is 1. The molecule has 30 heavy (non-hydrogen) atoms. The zero-order chi connectivity index (χ0) is 20.5. The Kier molecular flexibility index (Phi) is 3.99. The second-order valence-electron chi connectivity index (χ2n) is 9.37. The second-order valence-corrected chi connectivity index (χ2v) is 9.37. The van der Waals surface area contributed by atoms with Crippen molar-refractivity contribution in [1.29, 1.82) is 0 Å². The minimum atomic E-state index is -2.80. The first-order valence-electron chi connectivity index (χ1n) is 11.1. The fourth-order valence-corrected chi connectivity index (χ4v) is 6.91. The highest BCUT2D eigenvalue weighted by Gasteiger charge is 2.70. The Bertz CT molecular complexity index is 979. The van der Waals surface area contributed by atoms with E-state index in [1.165, 1.54) is 11.1 Å². The van der Waals surface area contributed by atoms with Gasteiger partial charge in [-0.2, -0.15) is 0 Å². The van der Waals surface area contributed by atoms with Crippen molar-refractivity contribution in [1.82, 2.24) is 4.90 Å². The molecular formula is C25H27F2NO2. The summed E-state index contributed by atoms with van der Waals surface area (Å²) < 4.78 is 41.9. The molecule has 2 bridgehead atoms. The topological polar surface area (TPSA) is 21.7 Å². The summed E-state index contributed by atoms with van der Waals surface area (Å²) in [4.78, 5) is 2.56. The first kappa shape index (κ1) is 18.6. The number of piperidine rings is 1. The highest BCUT2D eigenvalue weighted by atomic mass is 19.3. The molecule has 0 amide bonds. The van der Waals surface area contributed by atoms with Crippen LogP contribution in [0.15, 0.2) is 42.5 Å². The summed E-state index contributed by atoms with van der Waals surface area (Å²) in [7, 11) is 1.59. The quantitative estimate of drug-likeness (QED) is 0.733. The summed E-state index contributed by atoms with van der Waals surface area (Å²) in [6.45, 7) is 1.82. The van der Waals surface area contributed by atoms with Gasteiger partial charge in [0.1, 0.15) is 0 Å². The van der Waals surface area contributed by atoms with Crippen molar-refractivity contribution in [3.8, 4) is 11.5 Å². The Balaban J connectivity index is 1.40. The number of benzene rings is 2. The summed E-state index contributed by atoms with van der Waals surface area (Å²) in [6.07, 6.45) is 2.06. The third-order valence-electron chi connectivity index (χ3n) is 8.14. The van der Waals surface area contributed by atoms with Gasteiger partial charge in [0.2, 0.25) is 0 Å². The Morgan fingerprint density at radius 2 is 1.97 bits per heavy atom. The lowest BCUT2D eigenvalue weighted by Gasteiger charge is -2.59. The van der Waals surface area contributed by atoms with Crippen molar-refractivity contribution in [3.63, 3.8) is 0 Å². The van der Waals surface area contributed by atoms with Gasteiger partial charge >= 0.3 is 0 Å². The van der Waals surface area contributed by atoms with Gasteiger partial charge in [-0.15, -0.1) is 0 Å². The molecule has 2 aromatic rings. The van der Waals surface area contributed by atoms with Crippen LogP contribution in [0, 0.1) is 5.92 Å². The van der Waals surface area contributed by atoms with E-state index in [1.807, 2.05) is 12.1 Å². The van der Waals surface area contributed by atoms with Crippen molar-refractivity contribution < 1.29 is 18.3 Å². The third-order valence-corrected chi connectivity index (χ3v) is 8.14. The Hall–Kier alpha value is -2.14. The fourth-order valence-electron chi connectivity index (χ4n) is 6.91. The number of alkyl halides is 2. The van der Waals surface area contributed by atoms with Crippen LogP contribution in [-0.2, 0) is 18.3 Å². The highest BCUT2D eigenvalue weighted by Crippen LogP contribution is 2.66. The lowest BCUT2D eigenvalue weighted by atomic mass is 9.51. The van der Waals surface area contributed by atoms with Gasteiger partial charge in [0.15, 0.2) is 17.6 Å². The van der Waals surface area contributed by atoms with E-state index in [4.69, 9.17) is 9.47 Å². The number of ether oxygens (including phenoxy) is 2. The summed E-state index contributed by atoms with van der Waals surface area (Å²) in [5, 5.41) is 0. The minimum absolute atomic E-state index is 0.0846. The normalized spacial score (nSPS) is 33.0. The number of nitrogens with zero attached hydrogens (tertiary/aromatic N) is 1. The Morgan fingerprint density at radius 1 is 1.13 bits per heavy atom. The molecule has 158 valence electrons. The molecule has 1 spiro atoms. The van der Waals surface area contributed by atoms with Crippen molar-refractivity contribution in [2.75, 3.05) is 20.2 Å². The molecule has 0 aromatic heterocycles. The smallest absolute Gasteiger partial charge is 0.285 e. The van der Waals surface area contributed by atoms with E-state index >= 15 is 8.78 Å². The average Bonchev–Trinajstić information content (AvgIpc) is 3.11. The van der Waals surface area contributed by atoms with Crippen LogP contribution >= 0.6 is 0 Å².